The van der Waals surface area contributed by atoms with Gasteiger partial charge in [0, 0.05) is 12.5 Å². The monoisotopic (exact) mass is 587 g/mol. The summed E-state index contributed by atoms with van der Waals surface area (Å²) in [4.78, 5) is 80.0. The van der Waals surface area contributed by atoms with Gasteiger partial charge in [0.25, 0.3) is 5.91 Å². The lowest BCUT2D eigenvalue weighted by atomic mass is 9.80. The third kappa shape index (κ3) is 7.14. The Kier molecular flexibility index (Phi) is 9.67. The lowest BCUT2D eigenvalue weighted by Crippen LogP contribution is -2.62. The first-order valence-electron chi connectivity index (χ1n) is 15.7. The molecule has 0 aromatic carbocycles. The predicted molar refractivity (Wildman–Crippen MR) is 156 cm³/mol. The number of hydrogen-bond donors (Lipinski definition) is 4. The number of likely N-dealkylation sites (tertiary alicyclic amines) is 1. The molecule has 1 aliphatic heterocycles. The number of hydrogen-bond acceptors (Lipinski definition) is 6. The van der Waals surface area contributed by atoms with Gasteiger partial charge in [0.1, 0.15) is 12.1 Å². The second kappa shape index (κ2) is 12.7. The Hall–Kier alpha value is -2.98. The molecular weight excluding hydrogens is 538 g/mol. The molecule has 0 aromatic rings. The standard InChI is InChI=1S/C31H49N5O6/c1-16(2)22(24(37)18-12-13-18)34-30(42)35-26(31(3,4)5)29(41)36-15-19-10-7-11-20(19)23(36)28(40)33-21(25(38)27(32)39)14-17-8-6-9-17/h16-23,26H,6-15H2,1-5H3,(H2,32,39)(H,33,40)(H2,34,35,42)/t19-,20-,21?,22-,23-,26+/m0/s1. The first-order chi connectivity index (χ1) is 19.7. The van der Waals surface area contributed by atoms with Gasteiger partial charge in [0.2, 0.25) is 17.6 Å². The minimum absolute atomic E-state index is 0.0180. The highest BCUT2D eigenvalue weighted by atomic mass is 16.2. The number of ketones is 2. The van der Waals surface area contributed by atoms with Crippen LogP contribution in [0, 0.1) is 35.0 Å². The summed E-state index contributed by atoms with van der Waals surface area (Å²) in [6.45, 7) is 9.67. The van der Waals surface area contributed by atoms with Gasteiger partial charge >= 0.3 is 6.03 Å². The highest BCUT2D eigenvalue weighted by Crippen LogP contribution is 2.43. The summed E-state index contributed by atoms with van der Waals surface area (Å²) in [5.41, 5.74) is 4.62. The van der Waals surface area contributed by atoms with Crippen molar-refractivity contribution in [3.63, 3.8) is 0 Å². The minimum Gasteiger partial charge on any atom is -0.363 e. The Morgan fingerprint density at radius 3 is 2.05 bits per heavy atom. The van der Waals surface area contributed by atoms with E-state index >= 15 is 0 Å². The number of carbonyl (C=O) groups is 6. The van der Waals surface area contributed by atoms with Crippen LogP contribution in [0.2, 0.25) is 0 Å². The number of Topliss-reactive ketones (excluding diaryl/α,β-unsaturated/α-hetero) is 2. The highest BCUT2D eigenvalue weighted by Gasteiger charge is 2.52. The number of urea groups is 1. The van der Waals surface area contributed by atoms with E-state index in [1.807, 2.05) is 34.6 Å². The molecule has 4 aliphatic rings. The van der Waals surface area contributed by atoms with Gasteiger partial charge < -0.3 is 26.6 Å². The minimum atomic E-state index is -1.08. The molecule has 6 atom stereocenters. The molecule has 4 fully saturated rings. The average molecular weight is 588 g/mol. The Balaban J connectivity index is 1.52. The SMILES string of the molecule is CC(C)[C@H](NC(=O)N[C@H](C(=O)N1C[C@@H]2CCC[C@@H]2[C@H]1C(=O)NC(CC1CCC1)C(=O)C(N)=O)C(C)(C)C)C(=O)C1CC1. The second-order valence-corrected chi connectivity index (χ2v) is 14.4. The van der Waals surface area contributed by atoms with Crippen molar-refractivity contribution in [3.8, 4) is 0 Å². The molecule has 0 bridgehead atoms. The molecule has 1 unspecified atom stereocenters. The van der Waals surface area contributed by atoms with Gasteiger partial charge in [0.05, 0.1) is 12.1 Å². The van der Waals surface area contributed by atoms with E-state index in [4.69, 9.17) is 5.73 Å². The summed E-state index contributed by atoms with van der Waals surface area (Å²) < 4.78 is 0. The van der Waals surface area contributed by atoms with Gasteiger partial charge in [-0.3, -0.25) is 24.0 Å². The third-order valence-electron chi connectivity index (χ3n) is 9.74. The van der Waals surface area contributed by atoms with Crippen LogP contribution in [0.15, 0.2) is 0 Å². The van der Waals surface area contributed by atoms with Crippen molar-refractivity contribution in [1.82, 2.24) is 20.9 Å². The molecule has 3 aliphatic carbocycles. The quantitative estimate of drug-likeness (QED) is 0.255. The van der Waals surface area contributed by atoms with Crippen molar-refractivity contribution in [1.29, 1.82) is 0 Å². The smallest absolute Gasteiger partial charge is 0.316 e. The number of rotatable bonds is 12. The van der Waals surface area contributed by atoms with E-state index in [2.05, 4.69) is 16.0 Å². The number of primary amides is 1. The number of nitrogens with zero attached hydrogens (tertiary/aromatic N) is 1. The van der Waals surface area contributed by atoms with E-state index < -0.39 is 53.2 Å². The normalized spacial score (nSPS) is 26.0. The van der Waals surface area contributed by atoms with Crippen molar-refractivity contribution in [3.05, 3.63) is 0 Å². The van der Waals surface area contributed by atoms with Gasteiger partial charge in [-0.1, -0.05) is 60.3 Å². The summed E-state index contributed by atoms with van der Waals surface area (Å²) in [7, 11) is 0. The van der Waals surface area contributed by atoms with Gasteiger partial charge in [0.15, 0.2) is 5.78 Å². The third-order valence-corrected chi connectivity index (χ3v) is 9.74. The molecule has 4 rings (SSSR count). The van der Waals surface area contributed by atoms with E-state index in [-0.39, 0.29) is 41.3 Å². The van der Waals surface area contributed by atoms with E-state index in [1.165, 1.54) is 0 Å². The number of fused-ring (bicyclic) bond motifs is 1. The fourth-order valence-electron chi connectivity index (χ4n) is 6.91. The first kappa shape index (κ1) is 31.9. The van der Waals surface area contributed by atoms with Gasteiger partial charge in [-0.15, -0.1) is 0 Å². The zero-order chi connectivity index (χ0) is 30.9. The van der Waals surface area contributed by atoms with Crippen LogP contribution in [-0.4, -0.2) is 70.9 Å². The number of nitrogens with one attached hydrogen (secondary N) is 3. The van der Waals surface area contributed by atoms with E-state index in [1.54, 1.807) is 4.90 Å². The molecule has 234 valence electrons. The Morgan fingerprint density at radius 2 is 1.52 bits per heavy atom. The molecule has 1 saturated heterocycles. The first-order valence-corrected chi connectivity index (χ1v) is 15.7. The summed E-state index contributed by atoms with van der Waals surface area (Å²) >= 11 is 0. The van der Waals surface area contributed by atoms with Gasteiger partial charge in [-0.25, -0.2) is 4.79 Å². The summed E-state index contributed by atoms with van der Waals surface area (Å²) in [6.07, 6.45) is 7.54. The molecule has 0 spiro atoms. The Labute approximate surface area is 248 Å². The van der Waals surface area contributed by atoms with Crippen molar-refractivity contribution in [2.45, 2.75) is 117 Å². The molecule has 11 nitrogen and oxygen atoms in total. The van der Waals surface area contributed by atoms with Crippen molar-refractivity contribution in [2.75, 3.05) is 6.54 Å². The lowest BCUT2D eigenvalue weighted by molar-refractivity contribution is -0.144. The van der Waals surface area contributed by atoms with E-state index in [0.29, 0.717) is 13.0 Å². The summed E-state index contributed by atoms with van der Waals surface area (Å²) in [6, 6.07) is -4.04. The molecule has 0 aromatic heterocycles. The maximum atomic E-state index is 14.2. The van der Waals surface area contributed by atoms with E-state index in [0.717, 1.165) is 51.4 Å². The maximum absolute atomic E-state index is 14.2. The van der Waals surface area contributed by atoms with Crippen molar-refractivity contribution in [2.24, 2.45) is 40.7 Å². The van der Waals surface area contributed by atoms with Crippen LogP contribution in [0.5, 0.6) is 0 Å². The van der Waals surface area contributed by atoms with Crippen LogP contribution in [0.1, 0.15) is 92.4 Å². The number of nitrogens with two attached hydrogens (primary N) is 1. The molecular formula is C31H49N5O6. The second-order valence-electron chi connectivity index (χ2n) is 14.4. The molecule has 3 saturated carbocycles. The van der Waals surface area contributed by atoms with Crippen LogP contribution < -0.4 is 21.7 Å². The van der Waals surface area contributed by atoms with Gasteiger partial charge in [-0.05, 0) is 61.2 Å². The summed E-state index contributed by atoms with van der Waals surface area (Å²) in [5.74, 6) is -2.53. The topological polar surface area (TPSA) is 168 Å². The van der Waals surface area contributed by atoms with Crippen LogP contribution in [0.25, 0.3) is 0 Å². The largest absolute Gasteiger partial charge is 0.363 e. The van der Waals surface area contributed by atoms with Gasteiger partial charge in [-0.2, -0.15) is 0 Å². The van der Waals surface area contributed by atoms with Crippen LogP contribution in [-0.2, 0) is 24.0 Å². The average Bonchev–Trinajstić information content (AvgIpc) is 3.52. The molecule has 5 N–H and O–H groups in total. The molecule has 1 heterocycles. The lowest BCUT2D eigenvalue weighted by Gasteiger charge is -2.37. The highest BCUT2D eigenvalue weighted by molar-refractivity contribution is 6.37. The zero-order valence-electron chi connectivity index (χ0n) is 25.7. The molecule has 11 heteroatoms. The Morgan fingerprint density at radius 1 is 0.881 bits per heavy atom. The van der Waals surface area contributed by atoms with Crippen LogP contribution >= 0.6 is 0 Å². The van der Waals surface area contributed by atoms with Crippen molar-refractivity contribution < 1.29 is 28.8 Å². The number of amides is 5. The zero-order valence-corrected chi connectivity index (χ0v) is 25.7. The molecule has 42 heavy (non-hydrogen) atoms. The Bertz CT molecular complexity index is 1090. The van der Waals surface area contributed by atoms with E-state index in [9.17, 15) is 28.8 Å². The van der Waals surface area contributed by atoms with Crippen LogP contribution in [0.4, 0.5) is 4.79 Å². The predicted octanol–water partition coefficient (Wildman–Crippen LogP) is 2.06. The number of carbonyl (C=O) groups excluding carboxylic acids is 6. The van der Waals surface area contributed by atoms with Crippen molar-refractivity contribution >= 4 is 35.3 Å². The summed E-state index contributed by atoms with van der Waals surface area (Å²) in [5, 5.41) is 8.44. The maximum Gasteiger partial charge on any atom is 0.316 e. The van der Waals surface area contributed by atoms with Crippen LogP contribution in [0.3, 0.4) is 0 Å². The fourth-order valence-corrected chi connectivity index (χ4v) is 6.91. The fraction of sp³-hybridized carbons (Fsp3) is 0.806. The molecule has 5 amide bonds. The molecule has 0 radical (unpaired) electrons.